The number of aryl methyl sites for hydroxylation is 1. The number of carbonyl (C=O) groups excluding carboxylic acids is 1. The molecule has 0 atom stereocenters. The van der Waals surface area contributed by atoms with Crippen molar-refractivity contribution < 1.29 is 18.7 Å². The Morgan fingerprint density at radius 3 is 2.57 bits per heavy atom. The van der Waals surface area contributed by atoms with E-state index in [1.165, 1.54) is 0 Å². The summed E-state index contributed by atoms with van der Waals surface area (Å²) in [6.45, 7) is 7.95. The van der Waals surface area contributed by atoms with E-state index in [0.29, 0.717) is 41.6 Å². The van der Waals surface area contributed by atoms with Gasteiger partial charge in [0.05, 0.1) is 11.6 Å². The van der Waals surface area contributed by atoms with E-state index in [2.05, 4.69) is 4.90 Å². The third kappa shape index (κ3) is 4.48. The molecule has 152 valence electrons. The molecule has 0 bridgehead atoms. The average Bonchev–Trinajstić information content (AvgIpc) is 2.70. The molecule has 28 heavy (non-hydrogen) atoms. The highest BCUT2D eigenvalue weighted by Crippen LogP contribution is 2.31. The quantitative estimate of drug-likeness (QED) is 0.682. The van der Waals surface area contributed by atoms with Gasteiger partial charge in [0, 0.05) is 56.8 Å². The van der Waals surface area contributed by atoms with Gasteiger partial charge in [-0.15, -0.1) is 0 Å². The zero-order chi connectivity index (χ0) is 20.3. The van der Waals surface area contributed by atoms with Gasteiger partial charge in [0.1, 0.15) is 11.3 Å². The number of hydrogen-bond donors (Lipinski definition) is 0. The minimum absolute atomic E-state index is 0.0934. The number of carbonyl (C=O) groups is 1. The normalized spacial score (nSPS) is 15.2. The summed E-state index contributed by atoms with van der Waals surface area (Å²) in [6, 6.07) is 3.28. The zero-order valence-corrected chi connectivity index (χ0v) is 17.2. The lowest BCUT2D eigenvalue weighted by Crippen LogP contribution is -2.50. The Hall–Kier alpha value is -2.09. The van der Waals surface area contributed by atoms with Crippen LogP contribution in [0, 0.1) is 13.8 Å². The smallest absolute Gasteiger partial charge is 0.339 e. The zero-order valence-electron chi connectivity index (χ0n) is 16.4. The van der Waals surface area contributed by atoms with Gasteiger partial charge in [0.15, 0.2) is 6.61 Å². The molecular weight excluding hydrogens is 384 g/mol. The van der Waals surface area contributed by atoms with Gasteiger partial charge in [-0.2, -0.15) is 0 Å². The molecule has 1 amide bonds. The largest absolute Gasteiger partial charge is 0.482 e. The lowest BCUT2D eigenvalue weighted by molar-refractivity contribution is -0.135. The summed E-state index contributed by atoms with van der Waals surface area (Å²) in [5.41, 5.74) is 1.38. The molecule has 0 spiro atoms. The summed E-state index contributed by atoms with van der Waals surface area (Å²) >= 11 is 6.32. The van der Waals surface area contributed by atoms with Crippen LogP contribution in [0.25, 0.3) is 11.0 Å². The molecule has 0 unspecified atom stereocenters. The van der Waals surface area contributed by atoms with Crippen LogP contribution in [-0.4, -0.2) is 68.8 Å². The van der Waals surface area contributed by atoms with Crippen molar-refractivity contribution in [2.45, 2.75) is 13.8 Å². The number of hydrogen-bond acceptors (Lipinski definition) is 6. The molecule has 1 fully saturated rings. The Kier molecular flexibility index (Phi) is 6.59. The first kappa shape index (κ1) is 20.6. The molecule has 1 saturated heterocycles. The molecule has 0 radical (unpaired) electrons. The summed E-state index contributed by atoms with van der Waals surface area (Å²) < 4.78 is 16.1. The van der Waals surface area contributed by atoms with E-state index < -0.39 is 0 Å². The van der Waals surface area contributed by atoms with E-state index in [0.717, 1.165) is 30.6 Å². The van der Waals surface area contributed by atoms with Gasteiger partial charge in [-0.25, -0.2) is 4.79 Å². The first-order chi connectivity index (χ1) is 13.4. The van der Waals surface area contributed by atoms with Crippen LogP contribution >= 0.6 is 11.6 Å². The van der Waals surface area contributed by atoms with Gasteiger partial charge in [-0.1, -0.05) is 11.6 Å². The monoisotopic (exact) mass is 408 g/mol. The number of benzene rings is 1. The maximum Gasteiger partial charge on any atom is 0.339 e. The maximum absolute atomic E-state index is 12.5. The third-order valence-electron chi connectivity index (χ3n) is 5.20. The number of methoxy groups -OCH3 is 1. The molecule has 1 aliphatic rings. The Balaban J connectivity index is 1.64. The fourth-order valence-electron chi connectivity index (χ4n) is 3.23. The van der Waals surface area contributed by atoms with E-state index in [4.69, 9.17) is 25.5 Å². The summed E-state index contributed by atoms with van der Waals surface area (Å²) in [5, 5.41) is 1.13. The van der Waals surface area contributed by atoms with Crippen LogP contribution in [0.2, 0.25) is 5.02 Å². The summed E-state index contributed by atoms with van der Waals surface area (Å²) in [6.07, 6.45) is 0. The maximum atomic E-state index is 12.5. The van der Waals surface area contributed by atoms with Crippen LogP contribution in [0.5, 0.6) is 5.75 Å². The van der Waals surface area contributed by atoms with Crippen LogP contribution in [0.15, 0.2) is 21.3 Å². The van der Waals surface area contributed by atoms with Crippen molar-refractivity contribution in [3.63, 3.8) is 0 Å². The molecule has 1 aliphatic heterocycles. The first-order valence-electron chi connectivity index (χ1n) is 9.26. The van der Waals surface area contributed by atoms with Crippen molar-refractivity contribution >= 4 is 28.5 Å². The Morgan fingerprint density at radius 2 is 1.89 bits per heavy atom. The van der Waals surface area contributed by atoms with E-state index in [1.54, 1.807) is 31.1 Å². The number of fused-ring (bicyclic) bond motifs is 1. The van der Waals surface area contributed by atoms with Crippen molar-refractivity contribution in [3.05, 3.63) is 38.7 Å². The minimum atomic E-state index is -0.388. The molecule has 0 aliphatic carbocycles. The molecule has 1 aromatic carbocycles. The number of rotatable bonds is 6. The first-order valence-corrected chi connectivity index (χ1v) is 9.64. The lowest BCUT2D eigenvalue weighted by atomic mass is 10.1. The average molecular weight is 409 g/mol. The van der Waals surface area contributed by atoms with Gasteiger partial charge >= 0.3 is 5.63 Å². The fraction of sp³-hybridized carbons (Fsp3) is 0.500. The van der Waals surface area contributed by atoms with Gasteiger partial charge in [0.25, 0.3) is 5.91 Å². The van der Waals surface area contributed by atoms with Crippen LogP contribution in [0.4, 0.5) is 0 Å². The van der Waals surface area contributed by atoms with E-state index in [9.17, 15) is 9.59 Å². The predicted molar refractivity (Wildman–Crippen MR) is 107 cm³/mol. The molecule has 2 aromatic rings. The third-order valence-corrected chi connectivity index (χ3v) is 5.49. The Morgan fingerprint density at radius 1 is 1.18 bits per heavy atom. The number of piperazine rings is 1. The van der Waals surface area contributed by atoms with Crippen molar-refractivity contribution in [2.24, 2.45) is 0 Å². The standard InChI is InChI=1S/C20H25ClN2O5/c1-13-14(2)20(25)28-17-11-18(16(21)10-15(13)17)27-12-19(24)23-6-4-22(5-7-23)8-9-26-3/h10-11H,4-9,12H2,1-3H3. The fourth-order valence-corrected chi connectivity index (χ4v) is 3.44. The molecule has 0 saturated carbocycles. The number of nitrogens with zero attached hydrogens (tertiary/aromatic N) is 2. The second-order valence-corrected chi connectivity index (χ2v) is 7.33. The topological polar surface area (TPSA) is 72.2 Å². The Bertz CT molecular complexity index is 919. The number of ether oxygens (including phenoxy) is 2. The predicted octanol–water partition coefficient (Wildman–Crippen LogP) is 2.23. The SMILES string of the molecule is COCCN1CCN(C(=O)COc2cc3oc(=O)c(C)c(C)c3cc2Cl)CC1. The molecule has 0 N–H and O–H groups in total. The molecule has 1 aromatic heterocycles. The number of amides is 1. The minimum Gasteiger partial charge on any atom is -0.482 e. The highest BCUT2D eigenvalue weighted by Gasteiger charge is 2.21. The van der Waals surface area contributed by atoms with E-state index in [-0.39, 0.29) is 18.1 Å². The van der Waals surface area contributed by atoms with Crippen molar-refractivity contribution in [1.29, 1.82) is 0 Å². The van der Waals surface area contributed by atoms with Crippen molar-refractivity contribution in [2.75, 3.05) is 53.0 Å². The van der Waals surface area contributed by atoms with Crippen LogP contribution in [-0.2, 0) is 9.53 Å². The molecule has 2 heterocycles. The van der Waals surface area contributed by atoms with Crippen molar-refractivity contribution in [1.82, 2.24) is 9.80 Å². The second kappa shape index (κ2) is 8.94. The van der Waals surface area contributed by atoms with Gasteiger partial charge in [-0.3, -0.25) is 9.69 Å². The second-order valence-electron chi connectivity index (χ2n) is 6.92. The summed E-state index contributed by atoms with van der Waals surface area (Å²) in [5.74, 6) is 0.233. The van der Waals surface area contributed by atoms with Crippen LogP contribution in [0.1, 0.15) is 11.1 Å². The molecular formula is C20H25ClN2O5. The lowest BCUT2D eigenvalue weighted by Gasteiger charge is -2.34. The van der Waals surface area contributed by atoms with Crippen LogP contribution < -0.4 is 10.4 Å². The highest BCUT2D eigenvalue weighted by atomic mass is 35.5. The summed E-state index contributed by atoms with van der Waals surface area (Å²) in [4.78, 5) is 28.4. The highest BCUT2D eigenvalue weighted by molar-refractivity contribution is 6.32. The van der Waals surface area contributed by atoms with E-state index in [1.807, 2.05) is 6.92 Å². The summed E-state index contributed by atoms with van der Waals surface area (Å²) in [7, 11) is 1.68. The molecule has 8 heteroatoms. The molecule has 7 nitrogen and oxygen atoms in total. The van der Waals surface area contributed by atoms with Crippen molar-refractivity contribution in [3.8, 4) is 5.75 Å². The van der Waals surface area contributed by atoms with Gasteiger partial charge in [0.2, 0.25) is 0 Å². The Labute approximate surface area is 168 Å². The van der Waals surface area contributed by atoms with Gasteiger partial charge < -0.3 is 18.8 Å². The molecule has 3 rings (SSSR count). The van der Waals surface area contributed by atoms with E-state index >= 15 is 0 Å². The number of halogens is 1. The van der Waals surface area contributed by atoms with Gasteiger partial charge in [-0.05, 0) is 25.5 Å². The van der Waals surface area contributed by atoms with Crippen LogP contribution in [0.3, 0.4) is 0 Å².